The van der Waals surface area contributed by atoms with E-state index < -0.39 is 23.3 Å². The highest BCUT2D eigenvalue weighted by atomic mass is 19.4. The fraction of sp³-hybridized carbons (Fsp3) is 0.375. The Morgan fingerprint density at radius 1 is 1.11 bits per heavy atom. The van der Waals surface area contributed by atoms with Crippen LogP contribution in [0.4, 0.5) is 30.8 Å². The van der Waals surface area contributed by atoms with E-state index in [0.717, 1.165) is 18.9 Å². The van der Waals surface area contributed by atoms with E-state index in [1.165, 1.54) is 6.20 Å². The molecule has 11 nitrogen and oxygen atoms in total. The Kier molecular flexibility index (Phi) is 9.54. The Morgan fingerprint density at radius 2 is 1.93 bits per heavy atom. The van der Waals surface area contributed by atoms with E-state index in [9.17, 15) is 23.1 Å². The van der Waals surface area contributed by atoms with Gasteiger partial charge in [-0.1, -0.05) is 18.2 Å². The first-order chi connectivity index (χ1) is 21.9. The zero-order valence-corrected chi connectivity index (χ0v) is 25.6. The maximum absolute atomic E-state index is 13.9. The predicted molar refractivity (Wildman–Crippen MR) is 164 cm³/mol. The third-order valence-corrected chi connectivity index (χ3v) is 7.34. The Hall–Kier alpha value is -5.01. The van der Waals surface area contributed by atoms with Gasteiger partial charge in [-0.05, 0) is 69.9 Å². The molecule has 2 N–H and O–H groups in total. The van der Waals surface area contributed by atoms with Gasteiger partial charge in [0.15, 0.2) is 17.3 Å². The van der Waals surface area contributed by atoms with Crippen molar-refractivity contribution in [1.82, 2.24) is 24.9 Å². The van der Waals surface area contributed by atoms with Crippen LogP contribution in [0.25, 0.3) is 11.3 Å². The number of alkyl halides is 3. The van der Waals surface area contributed by atoms with Crippen molar-refractivity contribution in [3.8, 4) is 22.9 Å². The maximum Gasteiger partial charge on any atom is 0.433 e. The second-order valence-corrected chi connectivity index (χ2v) is 11.5. The molecule has 1 aromatic carbocycles. The number of aromatic nitrogens is 5. The lowest BCUT2D eigenvalue weighted by Crippen LogP contribution is -2.41. The van der Waals surface area contributed by atoms with Crippen molar-refractivity contribution in [3.05, 3.63) is 72.3 Å². The lowest BCUT2D eigenvalue weighted by Gasteiger charge is -2.33. The van der Waals surface area contributed by atoms with Crippen molar-refractivity contribution in [3.63, 3.8) is 0 Å². The molecule has 5 rings (SSSR count). The monoisotopic (exact) mass is 637 g/mol. The molecule has 1 unspecified atom stereocenters. The Morgan fingerprint density at radius 3 is 2.70 bits per heavy atom. The van der Waals surface area contributed by atoms with E-state index in [4.69, 9.17) is 9.47 Å². The lowest BCUT2D eigenvalue weighted by molar-refractivity contribution is -0.146. The average Bonchev–Trinajstić information content (AvgIpc) is 3.02. The Labute approximate surface area is 263 Å². The highest BCUT2D eigenvalue weighted by molar-refractivity contribution is 5.74. The number of anilines is 3. The molecule has 1 atom stereocenters. The van der Waals surface area contributed by atoms with Gasteiger partial charge in [0.1, 0.15) is 11.9 Å². The summed E-state index contributed by atoms with van der Waals surface area (Å²) in [6.45, 7) is 6.69. The second kappa shape index (κ2) is 13.5. The van der Waals surface area contributed by atoms with Gasteiger partial charge in [-0.25, -0.2) is 19.9 Å². The summed E-state index contributed by atoms with van der Waals surface area (Å²) in [5.41, 5.74) is -1.16. The van der Waals surface area contributed by atoms with Crippen molar-refractivity contribution >= 4 is 23.6 Å². The zero-order valence-electron chi connectivity index (χ0n) is 25.6. The van der Waals surface area contributed by atoms with Crippen LogP contribution in [0.15, 0.2) is 61.1 Å². The number of hydrogen-bond acceptors (Lipinski definition) is 10. The molecule has 0 bridgehead atoms. The topological polar surface area (TPSA) is 135 Å². The van der Waals surface area contributed by atoms with Crippen molar-refractivity contribution in [2.24, 2.45) is 5.41 Å². The first-order valence-electron chi connectivity index (χ1n) is 14.8. The largest absolute Gasteiger partial charge is 0.488 e. The molecule has 46 heavy (non-hydrogen) atoms. The number of nitrogens with zero attached hydrogens (tertiary/aromatic N) is 6. The van der Waals surface area contributed by atoms with E-state index in [0.29, 0.717) is 48.3 Å². The zero-order chi connectivity index (χ0) is 32.9. The van der Waals surface area contributed by atoms with Gasteiger partial charge in [-0.3, -0.25) is 9.78 Å². The third-order valence-electron chi connectivity index (χ3n) is 7.34. The second-order valence-electron chi connectivity index (χ2n) is 11.5. The molecule has 0 amide bonds. The summed E-state index contributed by atoms with van der Waals surface area (Å²) in [6.07, 6.45) is 1.42. The number of aliphatic carboxylic acids is 1. The molecule has 14 heteroatoms. The van der Waals surface area contributed by atoms with Crippen molar-refractivity contribution < 1.29 is 32.5 Å². The fourth-order valence-corrected chi connectivity index (χ4v) is 5.04. The molecule has 3 aromatic heterocycles. The Balaban J connectivity index is 1.37. The van der Waals surface area contributed by atoms with Crippen LogP contribution in [0.3, 0.4) is 0 Å². The van der Waals surface area contributed by atoms with Crippen LogP contribution in [0, 0.1) is 5.41 Å². The van der Waals surface area contributed by atoms with E-state index in [2.05, 4.69) is 30.2 Å². The van der Waals surface area contributed by atoms with Gasteiger partial charge >= 0.3 is 12.1 Å². The van der Waals surface area contributed by atoms with Crippen LogP contribution in [0.5, 0.6) is 11.6 Å². The SMILES string of the molecule is CCOc1cccnc1OC1CCCN(c2cncc(Nc3nc(-c4cccc(CC(C)(C)C(=O)O)c4)cc(C(F)(F)F)n3)n2)C1. The number of carboxylic acid groups (broad SMARTS) is 1. The van der Waals surface area contributed by atoms with Crippen LogP contribution in [-0.2, 0) is 17.4 Å². The smallest absolute Gasteiger partial charge is 0.433 e. The number of piperidine rings is 1. The van der Waals surface area contributed by atoms with Crippen molar-refractivity contribution in [2.45, 2.75) is 52.3 Å². The molecule has 0 aliphatic carbocycles. The molecule has 1 saturated heterocycles. The number of pyridine rings is 1. The molecular formula is C32H34F3N7O4. The minimum atomic E-state index is -4.75. The van der Waals surface area contributed by atoms with Gasteiger partial charge in [-0.2, -0.15) is 13.2 Å². The number of carbonyl (C=O) groups is 1. The Bertz CT molecular complexity index is 1690. The van der Waals surface area contributed by atoms with Crippen LogP contribution in [-0.4, -0.2) is 61.8 Å². The van der Waals surface area contributed by atoms with Crippen LogP contribution >= 0.6 is 0 Å². The number of halogens is 3. The third kappa shape index (κ3) is 7.98. The average molecular weight is 638 g/mol. The highest BCUT2D eigenvalue weighted by Crippen LogP contribution is 2.33. The summed E-state index contributed by atoms with van der Waals surface area (Å²) in [4.78, 5) is 34.8. The number of ether oxygens (including phenoxy) is 2. The summed E-state index contributed by atoms with van der Waals surface area (Å²) >= 11 is 0. The minimum absolute atomic E-state index is 0.0147. The highest BCUT2D eigenvalue weighted by Gasteiger charge is 2.34. The van der Waals surface area contributed by atoms with E-state index in [1.807, 2.05) is 11.8 Å². The molecule has 1 aliphatic rings. The molecule has 0 spiro atoms. The summed E-state index contributed by atoms with van der Waals surface area (Å²) in [6, 6.07) is 11.1. The normalized spacial score (nSPS) is 15.3. The molecule has 4 aromatic rings. The number of carboxylic acids is 1. The van der Waals surface area contributed by atoms with E-state index in [1.54, 1.807) is 62.6 Å². The first kappa shape index (κ1) is 32.4. The van der Waals surface area contributed by atoms with Crippen LogP contribution in [0.2, 0.25) is 0 Å². The molecule has 1 aliphatic heterocycles. The number of benzene rings is 1. The van der Waals surface area contributed by atoms with E-state index in [-0.39, 0.29) is 30.0 Å². The summed E-state index contributed by atoms with van der Waals surface area (Å²) in [5, 5.41) is 12.3. The molecule has 0 saturated carbocycles. The standard InChI is InChI=1S/C32H34F3N7O4/c1-4-45-24-11-6-12-37-28(24)46-22-10-7-13-42(19-22)27-18-36-17-26(40-27)41-30-38-23(15-25(39-30)32(33,34)35)21-9-5-8-20(14-21)16-31(2,3)29(43)44/h5-6,8-9,11-12,14-15,17-18,22H,4,7,10,13,16,19H2,1-3H3,(H,43,44)(H,38,39,40,41). The maximum atomic E-state index is 13.9. The quantitative estimate of drug-likeness (QED) is 0.195. The number of nitrogens with one attached hydrogen (secondary N) is 1. The van der Waals surface area contributed by atoms with Crippen molar-refractivity contribution in [2.75, 3.05) is 29.9 Å². The van der Waals surface area contributed by atoms with Gasteiger partial charge in [-0.15, -0.1) is 0 Å². The molecule has 4 heterocycles. The minimum Gasteiger partial charge on any atom is -0.488 e. The molecular weight excluding hydrogens is 603 g/mol. The summed E-state index contributed by atoms with van der Waals surface area (Å²) in [7, 11) is 0. The predicted octanol–water partition coefficient (Wildman–Crippen LogP) is 6.19. The molecule has 1 fully saturated rings. The van der Waals surface area contributed by atoms with Crippen LogP contribution in [0.1, 0.15) is 44.9 Å². The van der Waals surface area contributed by atoms with E-state index >= 15 is 0 Å². The van der Waals surface area contributed by atoms with Gasteiger partial charge < -0.3 is 24.8 Å². The first-order valence-corrected chi connectivity index (χ1v) is 14.8. The van der Waals surface area contributed by atoms with Crippen molar-refractivity contribution in [1.29, 1.82) is 0 Å². The number of rotatable bonds is 11. The molecule has 242 valence electrons. The van der Waals surface area contributed by atoms with Gasteiger partial charge in [0.25, 0.3) is 5.88 Å². The van der Waals surface area contributed by atoms with Gasteiger partial charge in [0.05, 0.1) is 36.7 Å². The van der Waals surface area contributed by atoms with Crippen LogP contribution < -0.4 is 19.7 Å². The summed E-state index contributed by atoms with van der Waals surface area (Å²) < 4.78 is 53.5. The van der Waals surface area contributed by atoms with Gasteiger partial charge in [0, 0.05) is 18.3 Å². The lowest BCUT2D eigenvalue weighted by atomic mass is 9.85. The fourth-order valence-electron chi connectivity index (χ4n) is 5.04. The summed E-state index contributed by atoms with van der Waals surface area (Å²) in [5.74, 6) is 0.337. The van der Waals surface area contributed by atoms with Gasteiger partial charge in [0.2, 0.25) is 5.95 Å². The number of hydrogen-bond donors (Lipinski definition) is 2. The molecule has 0 radical (unpaired) electrons.